The first-order valence-corrected chi connectivity index (χ1v) is 11.3. The van der Waals surface area contributed by atoms with E-state index in [-0.39, 0.29) is 36.1 Å². The molecule has 1 aliphatic rings. The van der Waals surface area contributed by atoms with Crippen LogP contribution in [0, 0.1) is 0 Å². The zero-order valence-electron chi connectivity index (χ0n) is 19.2. The number of piperidine rings is 1. The maximum atomic E-state index is 12.7. The molecule has 0 saturated carbocycles. The third-order valence-corrected chi connectivity index (χ3v) is 5.57. The summed E-state index contributed by atoms with van der Waals surface area (Å²) in [5.41, 5.74) is 0.466. The maximum Gasteiger partial charge on any atom is 0.410 e. The normalized spacial score (nSPS) is 20.7. The lowest BCUT2D eigenvalue weighted by Gasteiger charge is -2.44. The van der Waals surface area contributed by atoms with Gasteiger partial charge in [0.1, 0.15) is 0 Å². The van der Waals surface area contributed by atoms with E-state index in [0.717, 1.165) is 25.7 Å². The number of likely N-dealkylation sites (tertiary alicyclic amines) is 1. The van der Waals surface area contributed by atoms with Gasteiger partial charge in [0.15, 0.2) is 5.75 Å². The van der Waals surface area contributed by atoms with Gasteiger partial charge in [0, 0.05) is 18.1 Å². The standard InChI is InChI=1S/C24H32N4O4/c1-5-19-12-18(13-20(6-2)28(19)24(30)31-16(3)4)27-23-25-14-21(15-26-23)32-22(29)17-10-8-7-9-11-17/h7-11,14-16,18-20H,5-6,12-13H2,1-4H3,(H,25,26,27). The number of hydrogen-bond acceptors (Lipinski definition) is 7. The van der Waals surface area contributed by atoms with Crippen LogP contribution in [-0.4, -0.2) is 51.2 Å². The van der Waals surface area contributed by atoms with Crippen LogP contribution in [-0.2, 0) is 4.74 Å². The van der Waals surface area contributed by atoms with Crippen molar-refractivity contribution in [2.75, 3.05) is 5.32 Å². The van der Waals surface area contributed by atoms with E-state index in [9.17, 15) is 9.59 Å². The summed E-state index contributed by atoms with van der Waals surface area (Å²) in [4.78, 5) is 35.4. The lowest BCUT2D eigenvalue weighted by molar-refractivity contribution is 0.0253. The van der Waals surface area contributed by atoms with Crippen LogP contribution >= 0.6 is 0 Å². The van der Waals surface area contributed by atoms with Crippen molar-refractivity contribution in [2.45, 2.75) is 77.6 Å². The molecule has 8 heteroatoms. The van der Waals surface area contributed by atoms with E-state index in [1.165, 1.54) is 12.4 Å². The van der Waals surface area contributed by atoms with Crippen molar-refractivity contribution in [1.82, 2.24) is 14.9 Å². The average Bonchev–Trinajstić information content (AvgIpc) is 2.79. The van der Waals surface area contributed by atoms with E-state index >= 15 is 0 Å². The minimum atomic E-state index is -0.452. The molecule has 0 bridgehead atoms. The maximum absolute atomic E-state index is 12.7. The van der Waals surface area contributed by atoms with Gasteiger partial charge in [-0.15, -0.1) is 0 Å². The van der Waals surface area contributed by atoms with Crippen LogP contribution in [0.3, 0.4) is 0 Å². The van der Waals surface area contributed by atoms with Gasteiger partial charge < -0.3 is 19.7 Å². The molecule has 8 nitrogen and oxygen atoms in total. The Morgan fingerprint density at radius 2 is 1.66 bits per heavy atom. The molecule has 1 saturated heterocycles. The first kappa shape index (κ1) is 23.5. The smallest absolute Gasteiger partial charge is 0.410 e. The summed E-state index contributed by atoms with van der Waals surface area (Å²) in [5, 5.41) is 3.38. The van der Waals surface area contributed by atoms with Crippen LogP contribution in [0.15, 0.2) is 42.7 Å². The SMILES string of the molecule is CCC1CC(Nc2ncc(OC(=O)c3ccccc3)cn2)CC(CC)N1C(=O)OC(C)C. The fourth-order valence-corrected chi connectivity index (χ4v) is 4.05. The second kappa shape index (κ2) is 10.9. The first-order chi connectivity index (χ1) is 15.4. The molecule has 1 amide bonds. The van der Waals surface area contributed by atoms with Crippen molar-refractivity contribution in [2.24, 2.45) is 0 Å². The molecular weight excluding hydrogens is 408 g/mol. The van der Waals surface area contributed by atoms with Gasteiger partial charge in [0.2, 0.25) is 5.95 Å². The van der Waals surface area contributed by atoms with Crippen molar-refractivity contribution >= 4 is 18.0 Å². The number of esters is 1. The Bertz CT molecular complexity index is 875. The van der Waals surface area contributed by atoms with E-state index in [1.807, 2.05) is 24.8 Å². The summed E-state index contributed by atoms with van der Waals surface area (Å²) in [6.07, 6.45) is 5.85. The van der Waals surface area contributed by atoms with Crippen LogP contribution in [0.25, 0.3) is 0 Å². The molecule has 3 rings (SSSR count). The topological polar surface area (TPSA) is 93.7 Å². The second-order valence-electron chi connectivity index (χ2n) is 8.27. The van der Waals surface area contributed by atoms with Crippen molar-refractivity contribution in [1.29, 1.82) is 0 Å². The Hall–Kier alpha value is -3.16. The minimum Gasteiger partial charge on any atom is -0.447 e. The molecule has 1 aliphatic heterocycles. The fraction of sp³-hybridized carbons (Fsp3) is 0.500. The van der Waals surface area contributed by atoms with Crippen molar-refractivity contribution < 1.29 is 19.1 Å². The van der Waals surface area contributed by atoms with Gasteiger partial charge in [-0.05, 0) is 51.7 Å². The average molecular weight is 441 g/mol. The summed E-state index contributed by atoms with van der Waals surface area (Å²) in [6, 6.07) is 9.08. The predicted octanol–water partition coefficient (Wildman–Crippen LogP) is 4.67. The van der Waals surface area contributed by atoms with Gasteiger partial charge in [-0.3, -0.25) is 0 Å². The Morgan fingerprint density at radius 3 is 2.19 bits per heavy atom. The van der Waals surface area contributed by atoms with Crippen LogP contribution in [0.5, 0.6) is 5.75 Å². The number of anilines is 1. The molecule has 1 aromatic carbocycles. The van der Waals surface area contributed by atoms with Gasteiger partial charge in [-0.1, -0.05) is 32.0 Å². The first-order valence-electron chi connectivity index (χ1n) is 11.3. The highest BCUT2D eigenvalue weighted by Gasteiger charge is 2.38. The monoisotopic (exact) mass is 440 g/mol. The van der Waals surface area contributed by atoms with Crippen molar-refractivity contribution in [3.05, 3.63) is 48.3 Å². The number of benzene rings is 1. The zero-order valence-corrected chi connectivity index (χ0v) is 19.2. The van der Waals surface area contributed by atoms with Gasteiger partial charge in [0.05, 0.1) is 24.1 Å². The van der Waals surface area contributed by atoms with Gasteiger partial charge in [-0.2, -0.15) is 0 Å². The summed E-state index contributed by atoms with van der Waals surface area (Å²) in [5.74, 6) is 0.304. The molecular formula is C24H32N4O4. The van der Waals surface area contributed by atoms with Gasteiger partial charge >= 0.3 is 12.1 Å². The minimum absolute atomic E-state index is 0.0866. The number of rotatable bonds is 7. The van der Waals surface area contributed by atoms with Crippen molar-refractivity contribution in [3.8, 4) is 5.75 Å². The zero-order chi connectivity index (χ0) is 23.1. The summed E-state index contributed by atoms with van der Waals surface area (Å²) in [7, 11) is 0. The molecule has 2 unspecified atom stereocenters. The van der Waals surface area contributed by atoms with Crippen LogP contribution in [0.2, 0.25) is 0 Å². The quantitative estimate of drug-likeness (QED) is 0.625. The van der Waals surface area contributed by atoms with E-state index in [0.29, 0.717) is 11.5 Å². The highest BCUT2D eigenvalue weighted by atomic mass is 16.6. The molecule has 1 N–H and O–H groups in total. The van der Waals surface area contributed by atoms with Crippen LogP contribution in [0.1, 0.15) is 63.7 Å². The third-order valence-electron chi connectivity index (χ3n) is 5.57. The number of carbonyl (C=O) groups excluding carboxylic acids is 2. The van der Waals surface area contributed by atoms with Gasteiger partial charge in [0.25, 0.3) is 0 Å². The van der Waals surface area contributed by atoms with Crippen LogP contribution < -0.4 is 10.1 Å². The highest BCUT2D eigenvalue weighted by molar-refractivity contribution is 5.90. The highest BCUT2D eigenvalue weighted by Crippen LogP contribution is 2.29. The van der Waals surface area contributed by atoms with Crippen molar-refractivity contribution in [3.63, 3.8) is 0 Å². The van der Waals surface area contributed by atoms with Gasteiger partial charge in [-0.25, -0.2) is 19.6 Å². The molecule has 0 aliphatic carbocycles. The number of nitrogens with one attached hydrogen (secondary N) is 1. The second-order valence-corrected chi connectivity index (χ2v) is 8.27. The lowest BCUT2D eigenvalue weighted by atomic mass is 9.89. The summed E-state index contributed by atoms with van der Waals surface area (Å²) < 4.78 is 10.8. The Balaban J connectivity index is 1.62. The Labute approximate surface area is 189 Å². The molecule has 0 spiro atoms. The van der Waals surface area contributed by atoms with E-state index in [1.54, 1.807) is 24.3 Å². The molecule has 2 heterocycles. The number of nitrogens with zero attached hydrogens (tertiary/aromatic N) is 3. The number of hydrogen-bond donors (Lipinski definition) is 1. The van der Waals surface area contributed by atoms with E-state index in [4.69, 9.17) is 9.47 Å². The van der Waals surface area contributed by atoms with E-state index < -0.39 is 5.97 Å². The molecule has 1 aromatic heterocycles. The summed E-state index contributed by atoms with van der Waals surface area (Å²) in [6.45, 7) is 7.90. The number of amides is 1. The number of carbonyl (C=O) groups is 2. The fourth-order valence-electron chi connectivity index (χ4n) is 4.05. The van der Waals surface area contributed by atoms with E-state index in [2.05, 4.69) is 29.1 Å². The summed E-state index contributed by atoms with van der Waals surface area (Å²) >= 11 is 0. The number of ether oxygens (including phenoxy) is 2. The molecule has 2 aromatic rings. The molecule has 2 atom stereocenters. The number of aromatic nitrogens is 2. The molecule has 1 fully saturated rings. The van der Waals surface area contributed by atoms with Crippen LogP contribution in [0.4, 0.5) is 10.7 Å². The molecule has 0 radical (unpaired) electrons. The predicted molar refractivity (Wildman–Crippen MR) is 122 cm³/mol. The molecule has 172 valence electrons. The Kier molecular flexibility index (Phi) is 8.03. The largest absolute Gasteiger partial charge is 0.447 e. The Morgan fingerprint density at radius 1 is 1.06 bits per heavy atom. The lowest BCUT2D eigenvalue weighted by Crippen LogP contribution is -2.55. The third kappa shape index (κ3) is 5.96. The molecule has 32 heavy (non-hydrogen) atoms.